The van der Waals surface area contributed by atoms with Crippen LogP contribution in [-0.2, 0) is 11.8 Å². The normalized spacial score (nSPS) is 14.5. The molecule has 0 unspecified atom stereocenters. The first-order chi connectivity index (χ1) is 8.71. The molecule has 0 saturated heterocycles. The van der Waals surface area contributed by atoms with Crippen LogP contribution in [0.25, 0.3) is 0 Å². The maximum Gasteiger partial charge on any atom is 0.435 e. The van der Waals surface area contributed by atoms with Crippen molar-refractivity contribution in [2.24, 2.45) is 0 Å². The highest BCUT2D eigenvalue weighted by atomic mass is 19.4. The molecule has 0 aliphatic carbocycles. The summed E-state index contributed by atoms with van der Waals surface area (Å²) >= 11 is 0. The Labute approximate surface area is 105 Å². The molecule has 0 saturated carbocycles. The van der Waals surface area contributed by atoms with Crippen molar-refractivity contribution in [3.05, 3.63) is 35.4 Å². The predicted octanol–water partition coefficient (Wildman–Crippen LogP) is 4.99. The van der Waals surface area contributed by atoms with Gasteiger partial charge in [0, 0.05) is 5.56 Å². The molecule has 0 atom stereocenters. The van der Waals surface area contributed by atoms with Crippen LogP contribution in [0.15, 0.2) is 24.3 Å². The lowest BCUT2D eigenvalue weighted by molar-refractivity contribution is -0.348. The first-order valence-corrected chi connectivity index (χ1v) is 4.71. The molecule has 0 fully saturated rings. The summed E-state index contributed by atoms with van der Waals surface area (Å²) in [6.45, 7) is 0. The fourth-order valence-electron chi connectivity index (χ4n) is 1.38. The van der Waals surface area contributed by atoms with Gasteiger partial charge in [0.25, 0.3) is 0 Å². The Bertz CT molecular complexity index is 447. The molecule has 0 N–H and O–H groups in total. The quantitative estimate of drug-likeness (QED) is 0.640. The van der Waals surface area contributed by atoms with Gasteiger partial charge in [-0.25, -0.2) is 4.39 Å². The minimum absolute atomic E-state index is 0.0544. The number of rotatable bonds is 1. The van der Waals surface area contributed by atoms with Crippen molar-refractivity contribution in [2.45, 2.75) is 24.2 Å². The molecule has 0 aliphatic rings. The fourth-order valence-corrected chi connectivity index (χ4v) is 1.38. The van der Waals surface area contributed by atoms with E-state index < -0.39 is 35.3 Å². The fraction of sp³-hybridized carbons (Fsp3) is 0.400. The Morgan fingerprint density at radius 3 is 1.05 bits per heavy atom. The Morgan fingerprint density at radius 2 is 0.800 bits per heavy atom. The summed E-state index contributed by atoms with van der Waals surface area (Å²) in [6, 6.07) is -0.490. The summed E-state index contributed by atoms with van der Waals surface area (Å²) in [6.07, 6.45) is -17.7. The average molecular weight is 314 g/mol. The van der Waals surface area contributed by atoms with Crippen molar-refractivity contribution in [1.82, 2.24) is 0 Å². The molecule has 10 heteroatoms. The van der Waals surface area contributed by atoms with Crippen LogP contribution in [0.5, 0.6) is 0 Å². The summed E-state index contributed by atoms with van der Waals surface area (Å²) in [5.74, 6) is 0. The number of alkyl halides is 10. The van der Waals surface area contributed by atoms with Crippen LogP contribution in [0, 0.1) is 0 Å². The van der Waals surface area contributed by atoms with Gasteiger partial charge in [-0.05, 0) is 12.1 Å². The third-order valence-electron chi connectivity index (χ3n) is 2.39. The monoisotopic (exact) mass is 314 g/mol. The number of halogens is 10. The summed E-state index contributed by atoms with van der Waals surface area (Å²) < 4.78 is 124. The number of hydrogen-bond acceptors (Lipinski definition) is 0. The summed E-state index contributed by atoms with van der Waals surface area (Å²) in [5.41, 5.74) is -9.19. The van der Waals surface area contributed by atoms with E-state index in [0.29, 0.717) is 0 Å². The molecule has 0 heterocycles. The standard InChI is InChI=1S/C10H4F10/c11-7(9(15,16)17,10(18,19)20)5-1-3-6(4-2-5)8(12,13)14/h1-4H. The Morgan fingerprint density at radius 1 is 0.500 bits per heavy atom. The van der Waals surface area contributed by atoms with Crippen molar-refractivity contribution in [2.75, 3.05) is 0 Å². The SMILES string of the molecule is FC(F)(F)c1ccc(C(F)(C(F)(F)F)C(F)(F)F)cc1. The minimum Gasteiger partial charge on any atom is -0.218 e. The second-order valence-electron chi connectivity index (χ2n) is 3.73. The first-order valence-electron chi connectivity index (χ1n) is 4.71. The summed E-state index contributed by atoms with van der Waals surface area (Å²) in [4.78, 5) is 0. The second kappa shape index (κ2) is 4.52. The van der Waals surface area contributed by atoms with Crippen LogP contribution in [0.2, 0.25) is 0 Å². The van der Waals surface area contributed by atoms with E-state index in [1.165, 1.54) is 0 Å². The molecular formula is C10H4F10. The highest BCUT2D eigenvalue weighted by Crippen LogP contribution is 2.53. The van der Waals surface area contributed by atoms with Gasteiger partial charge in [0.15, 0.2) is 0 Å². The molecule has 0 aliphatic heterocycles. The highest BCUT2D eigenvalue weighted by molar-refractivity contribution is 5.31. The van der Waals surface area contributed by atoms with Crippen LogP contribution in [0.1, 0.15) is 11.1 Å². The van der Waals surface area contributed by atoms with Crippen molar-refractivity contribution in [1.29, 1.82) is 0 Å². The van der Waals surface area contributed by atoms with E-state index in [2.05, 4.69) is 0 Å². The molecule has 1 rings (SSSR count). The molecule has 0 bridgehead atoms. The largest absolute Gasteiger partial charge is 0.435 e. The van der Waals surface area contributed by atoms with E-state index >= 15 is 0 Å². The molecule has 114 valence electrons. The lowest BCUT2D eigenvalue weighted by Gasteiger charge is -2.30. The Balaban J connectivity index is 3.39. The van der Waals surface area contributed by atoms with Crippen molar-refractivity contribution < 1.29 is 43.9 Å². The Hall–Kier alpha value is -1.48. The molecule has 0 spiro atoms. The van der Waals surface area contributed by atoms with Gasteiger partial charge in [-0.1, -0.05) is 12.1 Å². The van der Waals surface area contributed by atoms with Crippen molar-refractivity contribution >= 4 is 0 Å². The smallest absolute Gasteiger partial charge is 0.218 e. The topological polar surface area (TPSA) is 0 Å². The van der Waals surface area contributed by atoms with E-state index in [-0.39, 0.29) is 24.3 Å². The van der Waals surface area contributed by atoms with Gasteiger partial charge in [0.2, 0.25) is 0 Å². The molecule has 20 heavy (non-hydrogen) atoms. The van der Waals surface area contributed by atoms with Crippen molar-refractivity contribution in [3.8, 4) is 0 Å². The van der Waals surface area contributed by atoms with Gasteiger partial charge in [0.05, 0.1) is 5.56 Å². The van der Waals surface area contributed by atoms with E-state index in [0.717, 1.165) is 0 Å². The molecule has 0 amide bonds. The van der Waals surface area contributed by atoms with E-state index in [1.807, 2.05) is 0 Å². The second-order valence-corrected chi connectivity index (χ2v) is 3.73. The third kappa shape index (κ3) is 2.68. The molecule has 0 nitrogen and oxygen atoms in total. The van der Waals surface area contributed by atoms with E-state index in [9.17, 15) is 43.9 Å². The maximum absolute atomic E-state index is 13.4. The van der Waals surface area contributed by atoms with Gasteiger partial charge in [0.1, 0.15) is 0 Å². The molecule has 1 aromatic rings. The van der Waals surface area contributed by atoms with Gasteiger partial charge < -0.3 is 0 Å². The zero-order valence-corrected chi connectivity index (χ0v) is 9.09. The number of hydrogen-bond donors (Lipinski definition) is 0. The van der Waals surface area contributed by atoms with E-state index in [1.54, 1.807) is 0 Å². The highest BCUT2D eigenvalue weighted by Gasteiger charge is 2.73. The summed E-state index contributed by atoms with van der Waals surface area (Å²) in [5, 5.41) is 0. The zero-order chi connectivity index (χ0) is 16.0. The average Bonchev–Trinajstić information content (AvgIpc) is 2.24. The van der Waals surface area contributed by atoms with Crippen molar-refractivity contribution in [3.63, 3.8) is 0 Å². The minimum atomic E-state index is -6.36. The predicted molar refractivity (Wildman–Crippen MR) is 46.3 cm³/mol. The first kappa shape index (κ1) is 16.6. The van der Waals surface area contributed by atoms with Gasteiger partial charge in [-0.15, -0.1) is 0 Å². The molecular weight excluding hydrogens is 310 g/mol. The lowest BCUT2D eigenvalue weighted by atomic mass is 9.93. The molecule has 0 aromatic heterocycles. The Kier molecular flexibility index (Phi) is 3.75. The maximum atomic E-state index is 13.4. The number of benzene rings is 1. The third-order valence-corrected chi connectivity index (χ3v) is 2.39. The lowest BCUT2D eigenvalue weighted by Crippen LogP contribution is -2.50. The van der Waals surface area contributed by atoms with Crippen LogP contribution < -0.4 is 0 Å². The van der Waals surface area contributed by atoms with Crippen LogP contribution in [-0.4, -0.2) is 12.4 Å². The summed E-state index contributed by atoms with van der Waals surface area (Å²) in [7, 11) is 0. The van der Waals surface area contributed by atoms with Crippen LogP contribution >= 0.6 is 0 Å². The molecule has 1 aromatic carbocycles. The molecule has 0 radical (unpaired) electrons. The van der Waals surface area contributed by atoms with Gasteiger partial charge in [-0.2, -0.15) is 39.5 Å². The van der Waals surface area contributed by atoms with Gasteiger partial charge in [-0.3, -0.25) is 0 Å². The van der Waals surface area contributed by atoms with Gasteiger partial charge >= 0.3 is 24.2 Å². The van der Waals surface area contributed by atoms with E-state index in [4.69, 9.17) is 0 Å². The van der Waals surface area contributed by atoms with Crippen LogP contribution in [0.3, 0.4) is 0 Å². The zero-order valence-electron chi connectivity index (χ0n) is 9.09. The van der Waals surface area contributed by atoms with Crippen LogP contribution in [0.4, 0.5) is 43.9 Å².